The fourth-order valence-corrected chi connectivity index (χ4v) is 4.44. The summed E-state index contributed by atoms with van der Waals surface area (Å²) in [7, 11) is 0. The maximum atomic E-state index is 14.2. The number of rotatable bonds is 8. The zero-order chi connectivity index (χ0) is 23.4. The molecule has 2 N–H and O–H groups in total. The zero-order valence-corrected chi connectivity index (χ0v) is 18.5. The van der Waals surface area contributed by atoms with Crippen molar-refractivity contribution in [2.45, 2.75) is 31.2 Å². The van der Waals surface area contributed by atoms with Crippen LogP contribution in [0.4, 0.5) is 9.18 Å². The number of nitrogens with one attached hydrogen (secondary N) is 1. The van der Waals surface area contributed by atoms with Crippen LogP contribution in [-0.4, -0.2) is 29.8 Å². The number of carboxylic acid groups (broad SMARTS) is 1. The number of alkyl carbamates (subject to hydrolysis) is 1. The van der Waals surface area contributed by atoms with Gasteiger partial charge in [0.05, 0.1) is 0 Å². The summed E-state index contributed by atoms with van der Waals surface area (Å²) in [6, 6.07) is 19.7. The van der Waals surface area contributed by atoms with Crippen LogP contribution in [-0.2, 0) is 16.0 Å². The fraction of sp³-hybridized carbons (Fsp3) is 0.231. The molecule has 0 aromatic heterocycles. The highest BCUT2D eigenvalue weighted by molar-refractivity contribution is 6.30. The number of hydrogen-bond donors (Lipinski definition) is 2. The minimum absolute atomic E-state index is 0.0886. The summed E-state index contributed by atoms with van der Waals surface area (Å²) in [6.45, 7) is 0.140. The molecule has 5 nitrogen and oxygen atoms in total. The summed E-state index contributed by atoms with van der Waals surface area (Å²) in [5.41, 5.74) is 4.78. The van der Waals surface area contributed by atoms with Gasteiger partial charge in [0, 0.05) is 23.4 Å². The van der Waals surface area contributed by atoms with Gasteiger partial charge in [-0.3, -0.25) is 4.79 Å². The van der Waals surface area contributed by atoms with E-state index in [0.29, 0.717) is 5.56 Å². The van der Waals surface area contributed by atoms with Crippen LogP contribution >= 0.6 is 11.6 Å². The van der Waals surface area contributed by atoms with Crippen molar-refractivity contribution in [3.05, 3.63) is 94.3 Å². The Balaban J connectivity index is 1.44. The Morgan fingerprint density at radius 3 is 2.27 bits per heavy atom. The number of benzene rings is 3. The van der Waals surface area contributed by atoms with E-state index in [4.69, 9.17) is 21.4 Å². The van der Waals surface area contributed by atoms with Gasteiger partial charge in [-0.2, -0.15) is 0 Å². The number of aliphatic carboxylic acids is 1. The SMILES string of the molecule is O=C(O)CCC(Cc1ccc(Cl)cc1F)NC(=O)OCC1c2ccccc2-c2ccccc21. The minimum Gasteiger partial charge on any atom is -0.481 e. The average molecular weight is 468 g/mol. The Morgan fingerprint density at radius 2 is 1.67 bits per heavy atom. The molecule has 3 aromatic carbocycles. The predicted octanol–water partition coefficient (Wildman–Crippen LogP) is 5.79. The first-order chi connectivity index (χ1) is 15.9. The van der Waals surface area contributed by atoms with E-state index in [2.05, 4.69) is 17.4 Å². The number of hydrogen-bond acceptors (Lipinski definition) is 3. The van der Waals surface area contributed by atoms with Crippen LogP contribution < -0.4 is 5.32 Å². The molecule has 0 heterocycles. The lowest BCUT2D eigenvalue weighted by atomic mass is 9.98. The van der Waals surface area contributed by atoms with E-state index in [0.717, 1.165) is 22.3 Å². The Labute approximate surface area is 196 Å². The van der Waals surface area contributed by atoms with Crippen LogP contribution in [0.1, 0.15) is 35.4 Å². The first-order valence-corrected chi connectivity index (χ1v) is 11.1. The first kappa shape index (κ1) is 22.8. The second-order valence-corrected chi connectivity index (χ2v) is 8.48. The Bertz CT molecular complexity index is 1140. The molecule has 1 atom stereocenters. The lowest BCUT2D eigenvalue weighted by molar-refractivity contribution is -0.137. The standard InChI is InChI=1S/C26H23ClFNO4/c27-17-10-9-16(24(28)14-17)13-18(11-12-25(30)31)29-26(32)33-15-23-21-7-3-1-5-19(21)20-6-2-4-8-22(20)23/h1-10,14,18,23H,11-13,15H2,(H,29,32)(H,30,31). The van der Waals surface area contributed by atoms with Gasteiger partial charge < -0.3 is 15.2 Å². The van der Waals surface area contributed by atoms with Gasteiger partial charge in [-0.25, -0.2) is 9.18 Å². The van der Waals surface area contributed by atoms with Crippen molar-refractivity contribution in [3.63, 3.8) is 0 Å². The molecule has 1 aliphatic rings. The van der Waals surface area contributed by atoms with Crippen molar-refractivity contribution in [2.75, 3.05) is 6.61 Å². The van der Waals surface area contributed by atoms with Gasteiger partial charge in [0.2, 0.25) is 0 Å². The number of carbonyl (C=O) groups excluding carboxylic acids is 1. The van der Waals surface area contributed by atoms with Crippen LogP contribution in [0.2, 0.25) is 5.02 Å². The topological polar surface area (TPSA) is 75.6 Å². The highest BCUT2D eigenvalue weighted by Gasteiger charge is 2.29. The third-order valence-electron chi connectivity index (χ3n) is 5.85. The number of halogens is 2. The molecule has 0 aliphatic heterocycles. The molecule has 0 saturated heterocycles. The second kappa shape index (κ2) is 10.0. The van der Waals surface area contributed by atoms with Crippen molar-refractivity contribution in [3.8, 4) is 11.1 Å². The van der Waals surface area contributed by atoms with Crippen molar-refractivity contribution >= 4 is 23.7 Å². The van der Waals surface area contributed by atoms with Crippen molar-refractivity contribution in [2.24, 2.45) is 0 Å². The van der Waals surface area contributed by atoms with Gasteiger partial charge in [-0.05, 0) is 52.8 Å². The second-order valence-electron chi connectivity index (χ2n) is 8.04. The number of carbonyl (C=O) groups is 2. The molecule has 0 radical (unpaired) electrons. The molecular weight excluding hydrogens is 445 g/mol. The summed E-state index contributed by atoms with van der Waals surface area (Å²) in [5, 5.41) is 12.0. The van der Waals surface area contributed by atoms with E-state index in [1.165, 1.54) is 12.1 Å². The largest absolute Gasteiger partial charge is 0.481 e. The van der Waals surface area contributed by atoms with Gasteiger partial charge in [0.25, 0.3) is 0 Å². The van der Waals surface area contributed by atoms with Crippen LogP contribution in [0, 0.1) is 5.82 Å². The molecule has 0 bridgehead atoms. The molecule has 1 unspecified atom stereocenters. The van der Waals surface area contributed by atoms with Crippen molar-refractivity contribution < 1.29 is 23.8 Å². The fourth-order valence-electron chi connectivity index (χ4n) is 4.28. The molecule has 170 valence electrons. The lowest BCUT2D eigenvalue weighted by Gasteiger charge is -2.20. The maximum Gasteiger partial charge on any atom is 0.407 e. The quantitative estimate of drug-likeness (QED) is 0.439. The van der Waals surface area contributed by atoms with Crippen molar-refractivity contribution in [1.29, 1.82) is 0 Å². The van der Waals surface area contributed by atoms with Crippen LogP contribution in [0.5, 0.6) is 0 Å². The van der Waals surface area contributed by atoms with Gasteiger partial charge in [-0.1, -0.05) is 66.2 Å². The smallest absolute Gasteiger partial charge is 0.407 e. The highest BCUT2D eigenvalue weighted by Crippen LogP contribution is 2.44. The third kappa shape index (κ3) is 5.34. The zero-order valence-electron chi connectivity index (χ0n) is 17.8. The molecule has 7 heteroatoms. The summed E-state index contributed by atoms with van der Waals surface area (Å²) in [5.74, 6) is -1.59. The summed E-state index contributed by atoms with van der Waals surface area (Å²) in [4.78, 5) is 23.7. The van der Waals surface area contributed by atoms with Crippen LogP contribution in [0.25, 0.3) is 11.1 Å². The third-order valence-corrected chi connectivity index (χ3v) is 6.09. The summed E-state index contributed by atoms with van der Waals surface area (Å²) < 4.78 is 19.8. The number of carboxylic acids is 1. The lowest BCUT2D eigenvalue weighted by Crippen LogP contribution is -2.38. The Kier molecular flexibility index (Phi) is 6.94. The normalized spacial score (nSPS) is 13.2. The number of ether oxygens (including phenoxy) is 1. The van der Waals surface area contributed by atoms with E-state index < -0.39 is 23.9 Å². The molecule has 0 spiro atoms. The molecule has 4 rings (SSSR count). The molecule has 0 fully saturated rings. The van der Waals surface area contributed by atoms with E-state index in [9.17, 15) is 14.0 Å². The molecule has 1 aliphatic carbocycles. The van der Waals surface area contributed by atoms with Crippen LogP contribution in [0.3, 0.4) is 0 Å². The molecule has 0 saturated carbocycles. The van der Waals surface area contributed by atoms with E-state index in [-0.39, 0.29) is 36.8 Å². The average Bonchev–Trinajstić information content (AvgIpc) is 3.11. The Morgan fingerprint density at radius 1 is 1.03 bits per heavy atom. The molecular formula is C26H23ClFNO4. The van der Waals surface area contributed by atoms with Gasteiger partial charge in [0.15, 0.2) is 0 Å². The Hall–Kier alpha value is -3.38. The highest BCUT2D eigenvalue weighted by atomic mass is 35.5. The van der Waals surface area contributed by atoms with Gasteiger partial charge >= 0.3 is 12.1 Å². The summed E-state index contributed by atoms with van der Waals surface area (Å²) in [6.07, 6.45) is -0.562. The molecule has 3 aromatic rings. The van der Waals surface area contributed by atoms with E-state index >= 15 is 0 Å². The first-order valence-electron chi connectivity index (χ1n) is 10.7. The predicted molar refractivity (Wildman–Crippen MR) is 124 cm³/mol. The molecule has 1 amide bonds. The monoisotopic (exact) mass is 467 g/mol. The van der Waals surface area contributed by atoms with Crippen molar-refractivity contribution in [1.82, 2.24) is 5.32 Å². The minimum atomic E-state index is -0.995. The van der Waals surface area contributed by atoms with Crippen LogP contribution in [0.15, 0.2) is 66.7 Å². The van der Waals surface area contributed by atoms with Gasteiger partial charge in [-0.15, -0.1) is 0 Å². The number of amides is 1. The van der Waals surface area contributed by atoms with Gasteiger partial charge in [0.1, 0.15) is 12.4 Å². The maximum absolute atomic E-state index is 14.2. The molecule has 33 heavy (non-hydrogen) atoms. The van der Waals surface area contributed by atoms with E-state index in [1.54, 1.807) is 6.07 Å². The van der Waals surface area contributed by atoms with E-state index in [1.807, 2.05) is 36.4 Å². The number of fused-ring (bicyclic) bond motifs is 3. The summed E-state index contributed by atoms with van der Waals surface area (Å²) >= 11 is 5.81.